The summed E-state index contributed by atoms with van der Waals surface area (Å²) in [7, 11) is 0. The molecule has 1 rings (SSSR count). The van der Waals surface area contributed by atoms with Crippen LogP contribution in [0.4, 0.5) is 0 Å². The Balaban J connectivity index is 2.93. The van der Waals surface area contributed by atoms with Crippen molar-refractivity contribution in [2.75, 3.05) is 13.2 Å². The molecule has 0 amide bonds. The molecule has 0 unspecified atom stereocenters. The van der Waals surface area contributed by atoms with Crippen molar-refractivity contribution in [3.05, 3.63) is 23.8 Å². The van der Waals surface area contributed by atoms with E-state index < -0.39 is 5.60 Å². The summed E-state index contributed by atoms with van der Waals surface area (Å²) in [5.74, 6) is 1.43. The lowest BCUT2D eigenvalue weighted by molar-refractivity contribution is 0.0270. The molecule has 0 aliphatic heterocycles. The molecule has 0 aromatic heterocycles. The molecule has 114 valence electrons. The van der Waals surface area contributed by atoms with E-state index in [1.54, 1.807) is 13.8 Å². The Kier molecular flexibility index (Phi) is 6.30. The highest BCUT2D eigenvalue weighted by molar-refractivity contribution is 5.46. The van der Waals surface area contributed by atoms with Crippen molar-refractivity contribution in [3.8, 4) is 11.5 Å². The van der Waals surface area contributed by atoms with Crippen molar-refractivity contribution in [1.82, 2.24) is 5.32 Å². The molecule has 0 bridgehead atoms. The normalized spacial score (nSPS) is 11.8. The lowest BCUT2D eigenvalue weighted by Crippen LogP contribution is -2.29. The van der Waals surface area contributed by atoms with Crippen molar-refractivity contribution < 1.29 is 14.6 Å². The van der Waals surface area contributed by atoms with Crippen LogP contribution in [0.5, 0.6) is 11.5 Å². The van der Waals surface area contributed by atoms with E-state index in [9.17, 15) is 5.11 Å². The molecule has 0 saturated heterocycles. The molecule has 2 N–H and O–H groups in total. The van der Waals surface area contributed by atoms with Crippen LogP contribution in [0.25, 0.3) is 0 Å². The van der Waals surface area contributed by atoms with E-state index in [4.69, 9.17) is 9.47 Å². The lowest BCUT2D eigenvalue weighted by Gasteiger charge is -2.22. The lowest BCUT2D eigenvalue weighted by atomic mass is 10.1. The molecule has 0 saturated carbocycles. The number of ether oxygens (including phenoxy) is 2. The molecule has 0 atom stereocenters. The fraction of sp³-hybridized carbons (Fsp3) is 0.625. The van der Waals surface area contributed by atoms with Gasteiger partial charge in [-0.25, -0.2) is 0 Å². The predicted octanol–water partition coefficient (Wildman–Crippen LogP) is 2.73. The summed E-state index contributed by atoms with van der Waals surface area (Å²) in [6.45, 7) is 11.1. The van der Waals surface area contributed by atoms with Gasteiger partial charge in [0.2, 0.25) is 0 Å². The molecule has 0 radical (unpaired) electrons. The molecular weight excluding hydrogens is 254 g/mol. The minimum atomic E-state index is -0.873. The summed E-state index contributed by atoms with van der Waals surface area (Å²) < 4.78 is 11.4. The maximum atomic E-state index is 9.83. The first kappa shape index (κ1) is 16.8. The van der Waals surface area contributed by atoms with Gasteiger partial charge in [0.15, 0.2) is 11.5 Å². The summed E-state index contributed by atoms with van der Waals surface area (Å²) in [6, 6.07) is 6.26. The van der Waals surface area contributed by atoms with E-state index in [0.29, 0.717) is 24.9 Å². The van der Waals surface area contributed by atoms with Gasteiger partial charge < -0.3 is 19.9 Å². The maximum absolute atomic E-state index is 9.83. The highest BCUT2D eigenvalue weighted by Gasteiger charge is 2.17. The van der Waals surface area contributed by atoms with Crippen LogP contribution in [0, 0.1) is 0 Å². The Morgan fingerprint density at radius 2 is 1.95 bits per heavy atom. The fourth-order valence-corrected chi connectivity index (χ4v) is 1.70. The van der Waals surface area contributed by atoms with Crippen molar-refractivity contribution in [1.29, 1.82) is 0 Å². The molecule has 0 spiro atoms. The van der Waals surface area contributed by atoms with Gasteiger partial charge in [-0.05, 0) is 26.8 Å². The summed E-state index contributed by atoms with van der Waals surface area (Å²) in [5.41, 5.74) is 0.163. The molecule has 0 heterocycles. The number of para-hydroxylation sites is 1. The molecule has 20 heavy (non-hydrogen) atoms. The Hall–Kier alpha value is -1.26. The van der Waals surface area contributed by atoms with Gasteiger partial charge >= 0.3 is 0 Å². The van der Waals surface area contributed by atoms with Crippen LogP contribution in [-0.2, 0) is 6.54 Å². The molecule has 0 aliphatic rings. The van der Waals surface area contributed by atoms with E-state index in [1.165, 1.54) is 0 Å². The smallest absolute Gasteiger partial charge is 0.165 e. The second kappa shape index (κ2) is 7.50. The van der Waals surface area contributed by atoms with Gasteiger partial charge in [0.1, 0.15) is 6.61 Å². The third-order valence-electron chi connectivity index (χ3n) is 2.63. The number of benzene rings is 1. The summed E-state index contributed by atoms with van der Waals surface area (Å²) >= 11 is 0. The molecule has 1 aromatic carbocycles. The van der Waals surface area contributed by atoms with Crippen molar-refractivity contribution >= 4 is 0 Å². The Bertz CT molecular complexity index is 411. The molecule has 0 aliphatic carbocycles. The van der Waals surface area contributed by atoms with Crippen molar-refractivity contribution in [2.24, 2.45) is 0 Å². The first-order chi connectivity index (χ1) is 9.33. The zero-order chi connectivity index (χ0) is 15.2. The van der Waals surface area contributed by atoms with Gasteiger partial charge in [-0.15, -0.1) is 0 Å². The van der Waals surface area contributed by atoms with E-state index >= 15 is 0 Å². The van der Waals surface area contributed by atoms with E-state index in [2.05, 4.69) is 19.2 Å². The van der Waals surface area contributed by atoms with E-state index in [0.717, 1.165) is 11.3 Å². The number of nitrogens with one attached hydrogen (secondary N) is 1. The monoisotopic (exact) mass is 281 g/mol. The van der Waals surface area contributed by atoms with Gasteiger partial charge in [-0.1, -0.05) is 26.0 Å². The van der Waals surface area contributed by atoms with Crippen LogP contribution >= 0.6 is 0 Å². The predicted molar refractivity (Wildman–Crippen MR) is 81.4 cm³/mol. The third-order valence-corrected chi connectivity index (χ3v) is 2.63. The first-order valence-corrected chi connectivity index (χ1v) is 7.16. The second-order valence-electron chi connectivity index (χ2n) is 5.81. The van der Waals surface area contributed by atoms with Crippen LogP contribution in [0.15, 0.2) is 18.2 Å². The van der Waals surface area contributed by atoms with Crippen LogP contribution in [0.1, 0.15) is 40.2 Å². The van der Waals surface area contributed by atoms with Crippen LogP contribution in [0.3, 0.4) is 0 Å². The molecule has 4 heteroatoms. The summed E-state index contributed by atoms with van der Waals surface area (Å²) in [4.78, 5) is 0. The van der Waals surface area contributed by atoms with E-state index in [1.807, 2.05) is 25.1 Å². The standard InChI is InChI=1S/C16H27NO3/c1-6-19-14-9-7-8-13(10-17-12(2)3)15(14)20-11-16(4,5)18/h7-9,12,17-18H,6,10-11H2,1-5H3. The van der Waals surface area contributed by atoms with Gasteiger partial charge in [0, 0.05) is 18.2 Å². The van der Waals surface area contributed by atoms with Gasteiger partial charge in [-0.3, -0.25) is 0 Å². The van der Waals surface area contributed by atoms with Gasteiger partial charge in [0.25, 0.3) is 0 Å². The minimum absolute atomic E-state index is 0.228. The first-order valence-electron chi connectivity index (χ1n) is 7.16. The highest BCUT2D eigenvalue weighted by Crippen LogP contribution is 2.32. The van der Waals surface area contributed by atoms with Gasteiger partial charge in [0.05, 0.1) is 12.2 Å². The van der Waals surface area contributed by atoms with Crippen LogP contribution in [0.2, 0.25) is 0 Å². The van der Waals surface area contributed by atoms with Gasteiger partial charge in [-0.2, -0.15) is 0 Å². The third kappa shape index (κ3) is 5.80. The molecule has 4 nitrogen and oxygen atoms in total. The van der Waals surface area contributed by atoms with Crippen LogP contribution in [-0.4, -0.2) is 30.0 Å². The Morgan fingerprint density at radius 1 is 1.25 bits per heavy atom. The summed E-state index contributed by atoms with van der Waals surface area (Å²) in [5, 5.41) is 13.2. The number of hydrogen-bond acceptors (Lipinski definition) is 4. The second-order valence-corrected chi connectivity index (χ2v) is 5.81. The zero-order valence-corrected chi connectivity index (χ0v) is 13.2. The SMILES string of the molecule is CCOc1cccc(CNC(C)C)c1OCC(C)(C)O. The highest BCUT2D eigenvalue weighted by atomic mass is 16.5. The summed E-state index contributed by atoms with van der Waals surface area (Å²) in [6.07, 6.45) is 0. The largest absolute Gasteiger partial charge is 0.490 e. The Labute approximate surface area is 122 Å². The quantitative estimate of drug-likeness (QED) is 0.769. The minimum Gasteiger partial charge on any atom is -0.490 e. The number of hydrogen-bond donors (Lipinski definition) is 2. The number of aliphatic hydroxyl groups is 1. The Morgan fingerprint density at radius 3 is 2.50 bits per heavy atom. The zero-order valence-electron chi connectivity index (χ0n) is 13.2. The number of rotatable bonds is 8. The average Bonchev–Trinajstić information content (AvgIpc) is 2.34. The topological polar surface area (TPSA) is 50.7 Å². The molecular formula is C16H27NO3. The molecule has 0 fully saturated rings. The van der Waals surface area contributed by atoms with Crippen molar-refractivity contribution in [2.45, 2.75) is 52.8 Å². The van der Waals surface area contributed by atoms with Crippen molar-refractivity contribution in [3.63, 3.8) is 0 Å². The fourth-order valence-electron chi connectivity index (χ4n) is 1.70. The maximum Gasteiger partial charge on any atom is 0.165 e. The molecule has 1 aromatic rings. The van der Waals surface area contributed by atoms with Crippen LogP contribution < -0.4 is 14.8 Å². The van der Waals surface area contributed by atoms with E-state index in [-0.39, 0.29) is 6.61 Å². The average molecular weight is 281 g/mol.